The molecule has 9 heteroatoms. The number of urea groups is 1. The summed E-state index contributed by atoms with van der Waals surface area (Å²) >= 11 is 0. The summed E-state index contributed by atoms with van der Waals surface area (Å²) in [6.45, 7) is 11.0. The van der Waals surface area contributed by atoms with E-state index in [9.17, 15) is 9.59 Å². The number of H-pyrrole nitrogens is 1. The highest BCUT2D eigenvalue weighted by atomic mass is 16.2. The molecule has 172 valence electrons. The molecule has 4 aliphatic rings. The molecule has 3 amide bonds. The van der Waals surface area contributed by atoms with E-state index in [-0.39, 0.29) is 18.0 Å². The number of anilines is 1. The molecule has 4 heterocycles. The van der Waals surface area contributed by atoms with Gasteiger partial charge in [0.25, 0.3) is 5.91 Å². The van der Waals surface area contributed by atoms with Crippen molar-refractivity contribution in [1.82, 2.24) is 24.9 Å². The number of aliphatic imine (C=N–C) groups is 1. The van der Waals surface area contributed by atoms with Crippen molar-refractivity contribution >= 4 is 23.5 Å². The number of aromatic nitrogens is 2. The number of aromatic amines is 1. The molecule has 1 atom stereocenters. The van der Waals surface area contributed by atoms with Crippen LogP contribution >= 0.6 is 0 Å². The van der Waals surface area contributed by atoms with Crippen molar-refractivity contribution in [3.05, 3.63) is 23.4 Å². The van der Waals surface area contributed by atoms with Crippen LogP contribution in [0, 0.1) is 5.92 Å². The van der Waals surface area contributed by atoms with E-state index >= 15 is 0 Å². The lowest BCUT2D eigenvalue weighted by molar-refractivity contribution is -0.110. The summed E-state index contributed by atoms with van der Waals surface area (Å²) in [6, 6.07) is 0.230. The van der Waals surface area contributed by atoms with Crippen LogP contribution < -0.4 is 5.32 Å². The second-order valence-electron chi connectivity index (χ2n) is 10.0. The number of hydrogen-bond acceptors (Lipinski definition) is 5. The topological polar surface area (TPSA) is 96.9 Å². The minimum absolute atomic E-state index is 0.0510. The molecule has 9 nitrogen and oxygen atoms in total. The molecule has 0 bridgehead atoms. The molecule has 32 heavy (non-hydrogen) atoms. The van der Waals surface area contributed by atoms with Crippen LogP contribution in [0.5, 0.6) is 0 Å². The van der Waals surface area contributed by atoms with E-state index in [0.717, 1.165) is 43.2 Å². The molecule has 1 saturated carbocycles. The van der Waals surface area contributed by atoms with Crippen LogP contribution in [-0.2, 0) is 16.9 Å². The zero-order chi connectivity index (χ0) is 22.5. The maximum Gasteiger partial charge on any atom is 0.321 e. The highest BCUT2D eigenvalue weighted by Crippen LogP contribution is 2.41. The normalized spacial score (nSPS) is 25.0. The Labute approximate surface area is 188 Å². The van der Waals surface area contributed by atoms with Crippen molar-refractivity contribution in [2.45, 2.75) is 58.2 Å². The minimum Gasteiger partial charge on any atom is -0.319 e. The van der Waals surface area contributed by atoms with Crippen molar-refractivity contribution in [2.75, 3.05) is 38.0 Å². The lowest BCUT2D eigenvalue weighted by atomic mass is 10.0. The summed E-state index contributed by atoms with van der Waals surface area (Å²) in [5, 5.41) is 10.3. The average molecular weight is 440 g/mol. The Morgan fingerprint density at radius 3 is 2.78 bits per heavy atom. The average Bonchev–Trinajstić information content (AvgIpc) is 3.42. The van der Waals surface area contributed by atoms with Crippen LogP contribution in [0.2, 0.25) is 0 Å². The van der Waals surface area contributed by atoms with Crippen LogP contribution in [0.4, 0.5) is 10.6 Å². The largest absolute Gasteiger partial charge is 0.321 e. The molecule has 2 fully saturated rings. The number of carbonyl (C=O) groups is 2. The molecule has 0 spiro atoms. The van der Waals surface area contributed by atoms with Crippen molar-refractivity contribution in [3.63, 3.8) is 0 Å². The molecule has 0 unspecified atom stereocenters. The number of hydrogen-bond donors (Lipinski definition) is 2. The van der Waals surface area contributed by atoms with Gasteiger partial charge in [0.2, 0.25) is 0 Å². The van der Waals surface area contributed by atoms with E-state index in [1.54, 1.807) is 6.08 Å². The van der Waals surface area contributed by atoms with Gasteiger partial charge in [-0.05, 0) is 52.0 Å². The van der Waals surface area contributed by atoms with Crippen LogP contribution in [0.15, 0.2) is 17.1 Å². The summed E-state index contributed by atoms with van der Waals surface area (Å²) in [6.07, 6.45) is 7.25. The standard InChI is InChI=1S/C23H33N7O2/c1-15-12-28(13-16-7-8-16)10-11-29(15)22(32)30-14-17-19(23(30,2)3)26-27-20(17)25-21(31)18-6-4-5-9-24-18/h4,6,15-16H,5,7-14H2,1-3H3,(H2,25,26,27,31)/t15-/m0/s1. The van der Waals surface area contributed by atoms with E-state index in [2.05, 4.69) is 32.3 Å². The monoisotopic (exact) mass is 439 g/mol. The number of rotatable bonds is 4. The molecule has 0 aromatic carbocycles. The van der Waals surface area contributed by atoms with Crippen molar-refractivity contribution in [2.24, 2.45) is 10.9 Å². The van der Waals surface area contributed by atoms with Crippen LogP contribution in [-0.4, -0.2) is 81.3 Å². The van der Waals surface area contributed by atoms with Crippen molar-refractivity contribution < 1.29 is 9.59 Å². The van der Waals surface area contributed by atoms with Gasteiger partial charge in [-0.3, -0.25) is 19.8 Å². The second kappa shape index (κ2) is 8.03. The predicted octanol–water partition coefficient (Wildman–Crippen LogP) is 2.34. The first-order chi connectivity index (χ1) is 15.3. The number of amides is 3. The third-order valence-corrected chi connectivity index (χ3v) is 7.19. The quantitative estimate of drug-likeness (QED) is 0.753. The Hall–Kier alpha value is -2.68. The van der Waals surface area contributed by atoms with Gasteiger partial charge < -0.3 is 15.1 Å². The molecule has 2 N–H and O–H groups in total. The van der Waals surface area contributed by atoms with Crippen molar-refractivity contribution in [3.8, 4) is 0 Å². The molecular weight excluding hydrogens is 406 g/mol. The van der Waals surface area contributed by atoms with E-state index in [1.807, 2.05) is 29.7 Å². The Morgan fingerprint density at radius 2 is 2.09 bits per heavy atom. The first kappa shape index (κ1) is 21.2. The number of nitrogens with zero attached hydrogens (tertiary/aromatic N) is 5. The predicted molar refractivity (Wildman–Crippen MR) is 123 cm³/mol. The molecule has 1 aromatic heterocycles. The third kappa shape index (κ3) is 3.83. The van der Waals surface area contributed by atoms with Gasteiger partial charge in [0.05, 0.1) is 17.8 Å². The number of dihydropyridines is 1. The maximum absolute atomic E-state index is 13.6. The van der Waals surface area contributed by atoms with E-state index in [1.165, 1.54) is 19.4 Å². The number of fused-ring (bicyclic) bond motifs is 1. The molecule has 5 rings (SSSR count). The van der Waals surface area contributed by atoms with Gasteiger partial charge in [0.15, 0.2) is 5.82 Å². The summed E-state index contributed by atoms with van der Waals surface area (Å²) in [5.41, 5.74) is 1.63. The summed E-state index contributed by atoms with van der Waals surface area (Å²) < 4.78 is 0. The number of piperazine rings is 1. The van der Waals surface area contributed by atoms with Gasteiger partial charge in [-0.1, -0.05) is 6.08 Å². The van der Waals surface area contributed by atoms with Gasteiger partial charge in [-0.15, -0.1) is 0 Å². The van der Waals surface area contributed by atoms with Gasteiger partial charge >= 0.3 is 6.03 Å². The van der Waals surface area contributed by atoms with Gasteiger partial charge in [-0.25, -0.2) is 4.79 Å². The highest BCUT2D eigenvalue weighted by molar-refractivity contribution is 6.47. The summed E-state index contributed by atoms with van der Waals surface area (Å²) in [5.74, 6) is 1.08. The molecule has 3 aliphatic heterocycles. The first-order valence-corrected chi connectivity index (χ1v) is 11.7. The van der Waals surface area contributed by atoms with Crippen LogP contribution in [0.25, 0.3) is 0 Å². The van der Waals surface area contributed by atoms with E-state index in [4.69, 9.17) is 0 Å². The van der Waals surface area contributed by atoms with Gasteiger partial charge in [0, 0.05) is 44.3 Å². The Morgan fingerprint density at radius 1 is 1.28 bits per heavy atom. The SMILES string of the molecule is C[C@H]1CN(CC2CC2)CCN1C(=O)N1Cc2c(NC(=O)C3=NCCC=C3)n[nH]c2C1(C)C. The van der Waals surface area contributed by atoms with E-state index in [0.29, 0.717) is 24.6 Å². The summed E-state index contributed by atoms with van der Waals surface area (Å²) in [4.78, 5) is 36.9. The van der Waals surface area contributed by atoms with Crippen LogP contribution in [0.3, 0.4) is 0 Å². The zero-order valence-electron chi connectivity index (χ0n) is 19.2. The summed E-state index contributed by atoms with van der Waals surface area (Å²) in [7, 11) is 0. The molecular formula is C23H33N7O2. The second-order valence-corrected chi connectivity index (χ2v) is 10.0. The highest BCUT2D eigenvalue weighted by Gasteiger charge is 2.46. The first-order valence-electron chi connectivity index (χ1n) is 11.7. The maximum atomic E-state index is 13.6. The Bertz CT molecular complexity index is 975. The molecule has 1 saturated heterocycles. The Kier molecular flexibility index (Phi) is 5.31. The minimum atomic E-state index is -0.532. The molecule has 1 aliphatic carbocycles. The smallest absolute Gasteiger partial charge is 0.319 e. The number of carbonyl (C=O) groups excluding carboxylic acids is 2. The molecule has 1 aromatic rings. The van der Waals surface area contributed by atoms with Gasteiger partial charge in [-0.2, -0.15) is 5.10 Å². The fourth-order valence-corrected chi connectivity index (χ4v) is 5.06. The fraction of sp³-hybridized carbons (Fsp3) is 0.652. The lowest BCUT2D eigenvalue weighted by Gasteiger charge is -2.44. The third-order valence-electron chi connectivity index (χ3n) is 7.19. The number of nitrogens with one attached hydrogen (secondary N) is 2. The van der Waals surface area contributed by atoms with E-state index < -0.39 is 5.54 Å². The Balaban J connectivity index is 1.28. The van der Waals surface area contributed by atoms with Crippen molar-refractivity contribution in [1.29, 1.82) is 0 Å². The van der Waals surface area contributed by atoms with Gasteiger partial charge in [0.1, 0.15) is 5.71 Å². The fourth-order valence-electron chi connectivity index (χ4n) is 5.06. The zero-order valence-corrected chi connectivity index (χ0v) is 19.2. The van der Waals surface area contributed by atoms with Crippen LogP contribution in [0.1, 0.15) is 51.3 Å². The lowest BCUT2D eigenvalue weighted by Crippen LogP contribution is -2.58. The molecule has 0 radical (unpaired) electrons.